The Hall–Kier alpha value is -0.700. The van der Waals surface area contributed by atoms with E-state index in [1.807, 2.05) is 0 Å². The van der Waals surface area contributed by atoms with Crippen molar-refractivity contribution < 1.29 is 31.1 Å². The molecule has 0 aliphatic rings. The fourth-order valence-corrected chi connectivity index (χ4v) is 2.85. The molecule has 0 fully saturated rings. The summed E-state index contributed by atoms with van der Waals surface area (Å²) in [5.74, 6) is -0.717. The highest BCUT2D eigenvalue weighted by atomic mass is 79.9. The lowest BCUT2D eigenvalue weighted by Gasteiger charge is -2.19. The Kier molecular flexibility index (Phi) is 5.18. The van der Waals surface area contributed by atoms with E-state index in [0.29, 0.717) is 6.07 Å². The van der Waals surface area contributed by atoms with Crippen molar-refractivity contribution in [2.24, 2.45) is 0 Å². The van der Waals surface area contributed by atoms with Gasteiger partial charge in [-0.2, -0.15) is 26.3 Å². The zero-order valence-corrected chi connectivity index (χ0v) is 12.2. The van der Waals surface area contributed by atoms with E-state index in [1.165, 1.54) is 0 Å². The van der Waals surface area contributed by atoms with Crippen LogP contribution in [0.2, 0.25) is 0 Å². The summed E-state index contributed by atoms with van der Waals surface area (Å²) >= 11 is 2.04. The maximum atomic E-state index is 12.9. The Labute approximate surface area is 122 Å². The number of halogens is 7. The van der Waals surface area contributed by atoms with Gasteiger partial charge in [0.25, 0.3) is 0 Å². The van der Waals surface area contributed by atoms with Crippen molar-refractivity contribution in [3.8, 4) is 0 Å². The summed E-state index contributed by atoms with van der Waals surface area (Å²) in [6.45, 7) is 0.995. The Balaban J connectivity index is 3.49. The lowest BCUT2D eigenvalue weighted by atomic mass is 10.0. The van der Waals surface area contributed by atoms with Gasteiger partial charge in [-0.15, -0.1) is 0 Å². The fourth-order valence-electron chi connectivity index (χ4n) is 1.47. The molecule has 0 saturated carbocycles. The van der Waals surface area contributed by atoms with E-state index in [-0.39, 0.29) is 0 Å². The van der Waals surface area contributed by atoms with E-state index in [4.69, 9.17) is 0 Å². The zero-order chi connectivity index (χ0) is 15.7. The molecule has 9 heteroatoms. The van der Waals surface area contributed by atoms with Crippen molar-refractivity contribution in [3.05, 3.63) is 29.3 Å². The normalized spacial score (nSPS) is 14.2. The van der Waals surface area contributed by atoms with Gasteiger partial charge in [-0.3, -0.25) is 4.79 Å². The molecule has 1 nitrogen and oxygen atoms in total. The van der Waals surface area contributed by atoms with Crippen LogP contribution in [0, 0.1) is 0 Å². The Morgan fingerprint density at radius 3 is 2.15 bits per heavy atom. The Morgan fingerprint density at radius 1 is 1.20 bits per heavy atom. The largest absolute Gasteiger partial charge is 0.446 e. The number of rotatable bonds is 3. The van der Waals surface area contributed by atoms with Crippen molar-refractivity contribution in [1.29, 1.82) is 0 Å². The fraction of sp³-hybridized carbons (Fsp3) is 0.364. The molecule has 1 unspecified atom stereocenters. The number of carbonyl (C=O) groups is 1. The molecule has 0 amide bonds. The third kappa shape index (κ3) is 4.41. The maximum Gasteiger partial charge on any atom is 0.446 e. The molecule has 0 aromatic heterocycles. The van der Waals surface area contributed by atoms with Gasteiger partial charge in [-0.05, 0) is 36.4 Å². The molecule has 0 saturated heterocycles. The minimum atomic E-state index is -4.85. The van der Waals surface area contributed by atoms with Gasteiger partial charge in [-0.1, -0.05) is 22.0 Å². The second-order valence-corrected chi connectivity index (χ2v) is 5.76. The molecule has 0 radical (unpaired) electrons. The Bertz CT molecular complexity index is 511. The molecular formula is C11H7BrF6OS. The van der Waals surface area contributed by atoms with Crippen LogP contribution in [0.5, 0.6) is 0 Å². The van der Waals surface area contributed by atoms with Crippen molar-refractivity contribution in [2.75, 3.05) is 0 Å². The first-order chi connectivity index (χ1) is 8.93. The molecule has 1 atom stereocenters. The third-order valence-electron chi connectivity index (χ3n) is 2.21. The number of alkyl halides is 7. The summed E-state index contributed by atoms with van der Waals surface area (Å²) in [7, 11) is 0. The summed E-state index contributed by atoms with van der Waals surface area (Å²) in [5.41, 5.74) is -6.72. The molecule has 0 aliphatic heterocycles. The van der Waals surface area contributed by atoms with Gasteiger partial charge < -0.3 is 0 Å². The smallest absolute Gasteiger partial charge is 0.298 e. The van der Waals surface area contributed by atoms with Gasteiger partial charge in [0.15, 0.2) is 0 Å². The van der Waals surface area contributed by atoms with Crippen molar-refractivity contribution in [2.45, 2.75) is 28.3 Å². The highest BCUT2D eigenvalue weighted by molar-refractivity contribution is 9.09. The van der Waals surface area contributed by atoms with Crippen LogP contribution in [0.4, 0.5) is 26.3 Å². The summed E-state index contributed by atoms with van der Waals surface area (Å²) in [4.78, 5) is 9.13. The standard InChI is InChI=1S/C11H7BrF6OS/c1-5(19)9(12)8-6(10(13,14)15)3-2-4-7(8)20-11(16,17)18/h2-4,9H,1H3. The number of thioether (sulfide) groups is 1. The van der Waals surface area contributed by atoms with Crippen LogP contribution in [0.25, 0.3) is 0 Å². The summed E-state index contributed by atoms with van der Waals surface area (Å²) in [6.07, 6.45) is -4.85. The third-order valence-corrected chi connectivity index (χ3v) is 4.12. The van der Waals surface area contributed by atoms with Crippen LogP contribution in [0.1, 0.15) is 22.9 Å². The van der Waals surface area contributed by atoms with Gasteiger partial charge in [0, 0.05) is 4.90 Å². The highest BCUT2D eigenvalue weighted by Gasteiger charge is 2.39. The van der Waals surface area contributed by atoms with Gasteiger partial charge in [0.05, 0.1) is 10.4 Å². The van der Waals surface area contributed by atoms with Crippen LogP contribution in [0.3, 0.4) is 0 Å². The molecule has 0 spiro atoms. The monoisotopic (exact) mass is 380 g/mol. The first-order valence-corrected chi connectivity index (χ1v) is 6.77. The van der Waals surface area contributed by atoms with E-state index < -0.39 is 50.1 Å². The molecule has 0 N–H and O–H groups in total. The van der Waals surface area contributed by atoms with Crippen LogP contribution in [0.15, 0.2) is 23.1 Å². The van der Waals surface area contributed by atoms with E-state index in [9.17, 15) is 31.1 Å². The highest BCUT2D eigenvalue weighted by Crippen LogP contribution is 2.46. The average molecular weight is 381 g/mol. The van der Waals surface area contributed by atoms with Crippen LogP contribution in [-0.4, -0.2) is 11.3 Å². The van der Waals surface area contributed by atoms with Crippen molar-refractivity contribution >= 4 is 33.5 Å². The molecule has 112 valence electrons. The molecule has 1 rings (SSSR count). The lowest BCUT2D eigenvalue weighted by molar-refractivity contribution is -0.138. The minimum Gasteiger partial charge on any atom is -0.298 e. The Morgan fingerprint density at radius 2 is 1.75 bits per heavy atom. The molecule has 20 heavy (non-hydrogen) atoms. The molecule has 0 aliphatic carbocycles. The topological polar surface area (TPSA) is 17.1 Å². The molecule has 0 bridgehead atoms. The number of carbonyl (C=O) groups excluding carboxylic acids is 1. The second kappa shape index (κ2) is 5.97. The SMILES string of the molecule is CC(=O)C(Br)c1c(SC(F)(F)F)cccc1C(F)(F)F. The summed E-state index contributed by atoms with van der Waals surface area (Å²) in [6, 6.07) is 2.42. The molecule has 0 heterocycles. The summed E-state index contributed by atoms with van der Waals surface area (Å²) < 4.78 is 75.8. The quantitative estimate of drug-likeness (QED) is 0.399. The predicted octanol–water partition coefficient (Wildman–Crippen LogP) is 5.34. The minimum absolute atomic E-state index is 0.646. The molecular weight excluding hydrogens is 374 g/mol. The van der Waals surface area contributed by atoms with E-state index in [0.717, 1.165) is 19.1 Å². The maximum absolute atomic E-state index is 12.9. The van der Waals surface area contributed by atoms with Gasteiger partial charge >= 0.3 is 11.7 Å². The lowest BCUT2D eigenvalue weighted by Crippen LogP contribution is -2.15. The van der Waals surface area contributed by atoms with Crippen molar-refractivity contribution in [1.82, 2.24) is 0 Å². The van der Waals surface area contributed by atoms with Crippen LogP contribution < -0.4 is 0 Å². The van der Waals surface area contributed by atoms with Crippen LogP contribution in [-0.2, 0) is 11.0 Å². The average Bonchev–Trinajstić information content (AvgIpc) is 2.24. The zero-order valence-electron chi connectivity index (χ0n) is 9.77. The first-order valence-electron chi connectivity index (χ1n) is 5.04. The predicted molar refractivity (Wildman–Crippen MR) is 65.7 cm³/mol. The second-order valence-electron chi connectivity index (χ2n) is 3.74. The number of Topliss-reactive ketones (excluding diaryl/α,β-unsaturated/α-hetero) is 1. The number of hydrogen-bond acceptors (Lipinski definition) is 2. The van der Waals surface area contributed by atoms with Crippen LogP contribution >= 0.6 is 27.7 Å². The van der Waals surface area contributed by atoms with Gasteiger partial charge in [-0.25, -0.2) is 0 Å². The van der Waals surface area contributed by atoms with Gasteiger partial charge in [0.1, 0.15) is 5.78 Å². The summed E-state index contributed by atoms with van der Waals surface area (Å²) in [5, 5.41) is 0. The van der Waals surface area contributed by atoms with E-state index in [2.05, 4.69) is 15.9 Å². The molecule has 1 aromatic rings. The number of benzene rings is 1. The number of hydrogen-bond donors (Lipinski definition) is 0. The van der Waals surface area contributed by atoms with E-state index in [1.54, 1.807) is 0 Å². The van der Waals surface area contributed by atoms with E-state index >= 15 is 0 Å². The number of ketones is 1. The molecule has 1 aromatic carbocycles. The van der Waals surface area contributed by atoms with Gasteiger partial charge in [0.2, 0.25) is 0 Å². The van der Waals surface area contributed by atoms with Crippen molar-refractivity contribution in [3.63, 3.8) is 0 Å². The first kappa shape index (κ1) is 17.4.